The number of rotatable bonds is 6. The van der Waals surface area contributed by atoms with Crippen molar-refractivity contribution in [3.8, 4) is 10.8 Å². The molecule has 3 heterocycles. The van der Waals surface area contributed by atoms with E-state index >= 15 is 0 Å². The molecule has 142 valence electrons. The second kappa shape index (κ2) is 7.99. The molecule has 5 aromatic rings. The summed E-state index contributed by atoms with van der Waals surface area (Å²) in [6.07, 6.45) is 1.82. The molecule has 1 N–H and O–H groups in total. The minimum atomic E-state index is -0.00611. The van der Waals surface area contributed by atoms with Gasteiger partial charge in [-0.15, -0.1) is 11.3 Å². The highest BCUT2D eigenvalue weighted by Gasteiger charge is 2.16. The summed E-state index contributed by atoms with van der Waals surface area (Å²) < 4.78 is 7.25. The van der Waals surface area contributed by atoms with Crippen LogP contribution < -0.4 is 5.32 Å². The summed E-state index contributed by atoms with van der Waals surface area (Å²) >= 11 is 1.65. The summed E-state index contributed by atoms with van der Waals surface area (Å²) in [5.74, 6) is 1.67. The third-order valence-electron chi connectivity index (χ3n) is 4.76. The second-order valence-corrected chi connectivity index (χ2v) is 7.76. The van der Waals surface area contributed by atoms with E-state index in [1.165, 1.54) is 5.56 Å². The number of pyridine rings is 1. The fourth-order valence-electron chi connectivity index (χ4n) is 3.35. The molecule has 0 fully saturated rings. The van der Waals surface area contributed by atoms with E-state index in [2.05, 4.69) is 33.5 Å². The third-order valence-corrected chi connectivity index (χ3v) is 5.81. The molecule has 0 saturated carbocycles. The highest BCUT2D eigenvalue weighted by Crippen LogP contribution is 2.31. The number of nitrogens with one attached hydrogen (secondary N) is 1. The summed E-state index contributed by atoms with van der Waals surface area (Å²) in [7, 11) is 0. The molecular weight excluding hydrogens is 378 g/mol. The first-order chi connectivity index (χ1) is 14.4. The smallest absolute Gasteiger partial charge is 0.163 e. The summed E-state index contributed by atoms with van der Waals surface area (Å²) in [4.78, 5) is 9.22. The number of thiazole rings is 1. The molecule has 0 aliphatic rings. The van der Waals surface area contributed by atoms with Crippen LogP contribution >= 0.6 is 11.3 Å². The molecule has 29 heavy (non-hydrogen) atoms. The van der Waals surface area contributed by atoms with Gasteiger partial charge in [-0.3, -0.25) is 10.3 Å². The standard InChI is InChI=1S/C24H19N3OS/c1-2-8-17(9-3-1)23(20-11-6-7-15-25-20)26-16-18-13-14-21(28-18)24-27-19-10-4-5-12-22(19)29-24/h1-15,23,26H,16H2/t23-/m1/s1. The van der Waals surface area contributed by atoms with E-state index in [1.807, 2.05) is 72.9 Å². The first-order valence-corrected chi connectivity index (χ1v) is 10.3. The van der Waals surface area contributed by atoms with Crippen LogP contribution in [0.5, 0.6) is 0 Å². The first kappa shape index (κ1) is 17.8. The van der Waals surface area contributed by atoms with E-state index in [0.29, 0.717) is 6.54 Å². The minimum absolute atomic E-state index is 0.00611. The van der Waals surface area contributed by atoms with Gasteiger partial charge in [0.15, 0.2) is 10.8 Å². The Morgan fingerprint density at radius 1 is 0.862 bits per heavy atom. The maximum Gasteiger partial charge on any atom is 0.163 e. The zero-order valence-electron chi connectivity index (χ0n) is 15.7. The van der Waals surface area contributed by atoms with Crippen molar-refractivity contribution >= 4 is 21.6 Å². The van der Waals surface area contributed by atoms with E-state index in [9.17, 15) is 0 Å². The maximum absolute atomic E-state index is 6.09. The Labute approximate surface area is 172 Å². The van der Waals surface area contributed by atoms with Crippen LogP contribution in [0.2, 0.25) is 0 Å². The predicted octanol–water partition coefficient (Wildman–Crippen LogP) is 5.83. The molecule has 0 bridgehead atoms. The van der Waals surface area contributed by atoms with Gasteiger partial charge >= 0.3 is 0 Å². The number of hydrogen-bond donors (Lipinski definition) is 1. The van der Waals surface area contributed by atoms with Crippen molar-refractivity contribution in [1.29, 1.82) is 0 Å². The molecule has 0 aliphatic carbocycles. The highest BCUT2D eigenvalue weighted by molar-refractivity contribution is 7.21. The summed E-state index contributed by atoms with van der Waals surface area (Å²) in [5.41, 5.74) is 3.16. The molecule has 5 heteroatoms. The van der Waals surface area contributed by atoms with Gasteiger partial charge in [-0.25, -0.2) is 4.98 Å². The molecule has 5 rings (SSSR count). The van der Waals surface area contributed by atoms with Crippen LogP contribution in [0.4, 0.5) is 0 Å². The van der Waals surface area contributed by atoms with Crippen LogP contribution in [0.25, 0.3) is 21.0 Å². The molecule has 2 aromatic carbocycles. The topological polar surface area (TPSA) is 51.0 Å². The van der Waals surface area contributed by atoms with E-state index in [-0.39, 0.29) is 6.04 Å². The molecule has 3 aromatic heterocycles. The van der Waals surface area contributed by atoms with Crippen molar-refractivity contribution in [2.75, 3.05) is 0 Å². The van der Waals surface area contributed by atoms with Crippen molar-refractivity contribution < 1.29 is 4.42 Å². The van der Waals surface area contributed by atoms with Crippen molar-refractivity contribution in [1.82, 2.24) is 15.3 Å². The lowest BCUT2D eigenvalue weighted by Crippen LogP contribution is -2.22. The number of nitrogens with zero attached hydrogens (tertiary/aromatic N) is 2. The van der Waals surface area contributed by atoms with Crippen LogP contribution in [0.15, 0.2) is 95.5 Å². The van der Waals surface area contributed by atoms with Crippen molar-refractivity contribution in [2.45, 2.75) is 12.6 Å². The number of fused-ring (bicyclic) bond motifs is 1. The number of benzene rings is 2. The lowest BCUT2D eigenvalue weighted by molar-refractivity contribution is 0.474. The lowest BCUT2D eigenvalue weighted by atomic mass is 10.0. The Bertz CT molecular complexity index is 1140. The third kappa shape index (κ3) is 3.83. The van der Waals surface area contributed by atoms with Crippen LogP contribution in [0.3, 0.4) is 0 Å². The average Bonchev–Trinajstić information content (AvgIpc) is 3.42. The quantitative estimate of drug-likeness (QED) is 0.392. The van der Waals surface area contributed by atoms with Crippen molar-refractivity contribution in [2.24, 2.45) is 0 Å². The maximum atomic E-state index is 6.09. The van der Waals surface area contributed by atoms with Crippen molar-refractivity contribution in [3.05, 3.63) is 108 Å². The highest BCUT2D eigenvalue weighted by atomic mass is 32.1. The SMILES string of the molecule is c1ccc([C@@H](NCc2ccc(-c3nc4ccccc4s3)o2)c2ccccn2)cc1. The molecule has 0 unspecified atom stereocenters. The number of furan rings is 1. The molecule has 1 atom stereocenters. The lowest BCUT2D eigenvalue weighted by Gasteiger charge is -2.18. The zero-order valence-corrected chi connectivity index (χ0v) is 16.5. The van der Waals surface area contributed by atoms with Gasteiger partial charge in [0.1, 0.15) is 5.76 Å². The van der Waals surface area contributed by atoms with Crippen LogP contribution in [-0.4, -0.2) is 9.97 Å². The monoisotopic (exact) mass is 397 g/mol. The largest absolute Gasteiger partial charge is 0.457 e. The molecule has 0 saturated heterocycles. The van der Waals surface area contributed by atoms with Gasteiger partial charge in [-0.2, -0.15) is 0 Å². The van der Waals surface area contributed by atoms with Gasteiger partial charge in [-0.05, 0) is 42.0 Å². The Morgan fingerprint density at radius 3 is 2.52 bits per heavy atom. The van der Waals surface area contributed by atoms with Crippen molar-refractivity contribution in [3.63, 3.8) is 0 Å². The predicted molar refractivity (Wildman–Crippen MR) is 117 cm³/mol. The molecule has 4 nitrogen and oxygen atoms in total. The van der Waals surface area contributed by atoms with E-state index in [1.54, 1.807) is 11.3 Å². The fourth-order valence-corrected chi connectivity index (χ4v) is 4.28. The van der Waals surface area contributed by atoms with Gasteiger partial charge in [0.2, 0.25) is 0 Å². The fraction of sp³-hybridized carbons (Fsp3) is 0.0833. The van der Waals surface area contributed by atoms with E-state index in [4.69, 9.17) is 4.42 Å². The van der Waals surface area contributed by atoms with Crippen LogP contribution in [-0.2, 0) is 6.54 Å². The normalized spacial score (nSPS) is 12.3. The Balaban J connectivity index is 1.37. The summed E-state index contributed by atoms with van der Waals surface area (Å²) in [6.45, 7) is 0.598. The summed E-state index contributed by atoms with van der Waals surface area (Å²) in [5, 5.41) is 4.49. The number of aromatic nitrogens is 2. The molecular formula is C24H19N3OS. The first-order valence-electron chi connectivity index (χ1n) is 9.51. The minimum Gasteiger partial charge on any atom is -0.457 e. The number of hydrogen-bond acceptors (Lipinski definition) is 5. The van der Waals surface area contributed by atoms with Gasteiger partial charge in [0, 0.05) is 6.20 Å². The van der Waals surface area contributed by atoms with Gasteiger partial charge < -0.3 is 4.42 Å². The van der Waals surface area contributed by atoms with Gasteiger partial charge in [0.05, 0.1) is 28.5 Å². The zero-order chi connectivity index (χ0) is 19.5. The summed E-state index contributed by atoms with van der Waals surface area (Å²) in [6, 6.07) is 28.5. The molecule has 0 aliphatic heterocycles. The molecule has 0 amide bonds. The second-order valence-electron chi connectivity index (χ2n) is 6.73. The Hall–Kier alpha value is -3.28. The number of para-hydroxylation sites is 1. The van der Waals surface area contributed by atoms with E-state index < -0.39 is 0 Å². The van der Waals surface area contributed by atoms with Gasteiger partial charge in [-0.1, -0.05) is 48.5 Å². The molecule has 0 radical (unpaired) electrons. The average molecular weight is 398 g/mol. The molecule has 0 spiro atoms. The van der Waals surface area contributed by atoms with Crippen LogP contribution in [0.1, 0.15) is 23.1 Å². The Kier molecular flexibility index (Phi) is 4.90. The van der Waals surface area contributed by atoms with Gasteiger partial charge in [0.25, 0.3) is 0 Å². The Morgan fingerprint density at radius 2 is 1.69 bits per heavy atom. The van der Waals surface area contributed by atoms with E-state index in [0.717, 1.165) is 32.4 Å². The van der Waals surface area contributed by atoms with Crippen LogP contribution in [0, 0.1) is 0 Å².